The predicted molar refractivity (Wildman–Crippen MR) is 114 cm³/mol. The zero-order chi connectivity index (χ0) is 21.1. The van der Waals surface area contributed by atoms with E-state index in [0.717, 1.165) is 37.0 Å². The fraction of sp³-hybridized carbons (Fsp3) is 0.333. The van der Waals surface area contributed by atoms with Gasteiger partial charge in [-0.25, -0.2) is 4.79 Å². The number of carbonyl (C=O) groups is 1. The number of carbonyl (C=O) groups excluding carboxylic acids is 1. The molecule has 156 valence electrons. The van der Waals surface area contributed by atoms with Crippen molar-refractivity contribution in [3.8, 4) is 11.5 Å². The summed E-state index contributed by atoms with van der Waals surface area (Å²) < 4.78 is 16.0. The molecule has 0 aliphatic heterocycles. The lowest BCUT2D eigenvalue weighted by Gasteiger charge is -2.29. The lowest BCUT2D eigenvalue weighted by Crippen LogP contribution is -2.40. The third-order valence-corrected chi connectivity index (χ3v) is 5.71. The molecule has 0 bridgehead atoms. The molecule has 0 saturated heterocycles. The summed E-state index contributed by atoms with van der Waals surface area (Å²) >= 11 is 0. The molecule has 3 aromatic rings. The van der Waals surface area contributed by atoms with Gasteiger partial charge >= 0.3 is 5.63 Å². The quantitative estimate of drug-likeness (QED) is 0.567. The van der Waals surface area contributed by atoms with Gasteiger partial charge < -0.3 is 18.8 Å². The Morgan fingerprint density at radius 3 is 2.47 bits per heavy atom. The van der Waals surface area contributed by atoms with Crippen molar-refractivity contribution in [3.63, 3.8) is 0 Å². The monoisotopic (exact) mass is 407 g/mol. The van der Waals surface area contributed by atoms with Gasteiger partial charge in [0.2, 0.25) is 0 Å². The van der Waals surface area contributed by atoms with E-state index in [1.165, 1.54) is 7.11 Å². The average Bonchev–Trinajstić information content (AvgIpc) is 3.31. The number of benzene rings is 2. The molecule has 1 saturated carbocycles. The van der Waals surface area contributed by atoms with Crippen molar-refractivity contribution in [1.82, 2.24) is 4.90 Å². The van der Waals surface area contributed by atoms with E-state index in [1.54, 1.807) is 25.3 Å². The summed E-state index contributed by atoms with van der Waals surface area (Å²) in [6.45, 7) is 0.434. The molecule has 0 atom stereocenters. The molecule has 30 heavy (non-hydrogen) atoms. The SMILES string of the molecule is COc1ccc(CN(C(=O)c2cc3cccc(OC)c3oc2=O)C2CCCC2)cc1. The second-order valence-corrected chi connectivity index (χ2v) is 7.55. The average molecular weight is 407 g/mol. The van der Waals surface area contributed by atoms with Crippen LogP contribution in [0.4, 0.5) is 0 Å². The Balaban J connectivity index is 1.70. The first-order valence-electron chi connectivity index (χ1n) is 10.2. The van der Waals surface area contributed by atoms with E-state index in [-0.39, 0.29) is 17.5 Å². The Hall–Kier alpha value is -3.28. The zero-order valence-corrected chi connectivity index (χ0v) is 17.2. The second-order valence-electron chi connectivity index (χ2n) is 7.55. The number of rotatable bonds is 6. The van der Waals surface area contributed by atoms with Crippen LogP contribution < -0.4 is 15.1 Å². The van der Waals surface area contributed by atoms with Crippen LogP contribution in [0.3, 0.4) is 0 Å². The number of amides is 1. The lowest BCUT2D eigenvalue weighted by molar-refractivity contribution is 0.0660. The summed E-state index contributed by atoms with van der Waals surface area (Å²) in [7, 11) is 3.14. The van der Waals surface area contributed by atoms with Crippen LogP contribution in [0.2, 0.25) is 0 Å². The van der Waals surface area contributed by atoms with Gasteiger partial charge in [-0.1, -0.05) is 37.1 Å². The molecule has 0 N–H and O–H groups in total. The van der Waals surface area contributed by atoms with Crippen LogP contribution in [-0.2, 0) is 6.54 Å². The number of hydrogen-bond acceptors (Lipinski definition) is 5. The Morgan fingerprint density at radius 2 is 1.80 bits per heavy atom. The maximum absolute atomic E-state index is 13.5. The molecular weight excluding hydrogens is 382 g/mol. The molecule has 2 aromatic carbocycles. The summed E-state index contributed by atoms with van der Waals surface area (Å²) in [4.78, 5) is 28.0. The van der Waals surface area contributed by atoms with Gasteiger partial charge in [-0.15, -0.1) is 0 Å². The van der Waals surface area contributed by atoms with Crippen molar-refractivity contribution in [2.24, 2.45) is 0 Å². The lowest BCUT2D eigenvalue weighted by atomic mass is 10.1. The second kappa shape index (κ2) is 8.61. The normalized spacial score (nSPS) is 14.1. The molecule has 1 amide bonds. The van der Waals surface area contributed by atoms with Crippen molar-refractivity contribution in [2.75, 3.05) is 14.2 Å². The highest BCUT2D eigenvalue weighted by Gasteiger charge is 2.29. The van der Waals surface area contributed by atoms with E-state index in [9.17, 15) is 9.59 Å². The first-order chi connectivity index (χ1) is 14.6. The molecule has 6 heteroatoms. The zero-order valence-electron chi connectivity index (χ0n) is 17.2. The topological polar surface area (TPSA) is 69.0 Å². The van der Waals surface area contributed by atoms with E-state index in [0.29, 0.717) is 23.3 Å². The standard InChI is InChI=1S/C24H25NO5/c1-28-19-12-10-16(11-13-19)15-25(18-7-3-4-8-18)23(26)20-14-17-6-5-9-21(29-2)22(17)30-24(20)27/h5-6,9-14,18H,3-4,7-8,15H2,1-2H3. The van der Waals surface area contributed by atoms with Gasteiger partial charge in [0, 0.05) is 18.0 Å². The molecular formula is C24H25NO5. The maximum atomic E-state index is 13.5. The van der Waals surface area contributed by atoms with Gasteiger partial charge in [-0.3, -0.25) is 4.79 Å². The van der Waals surface area contributed by atoms with Crippen LogP contribution >= 0.6 is 0 Å². The smallest absolute Gasteiger partial charge is 0.349 e. The van der Waals surface area contributed by atoms with Crippen molar-refractivity contribution in [2.45, 2.75) is 38.3 Å². The summed E-state index contributed by atoms with van der Waals surface area (Å²) in [6.07, 6.45) is 4.05. The Kier molecular flexibility index (Phi) is 5.74. The molecule has 1 fully saturated rings. The van der Waals surface area contributed by atoms with Gasteiger partial charge in [-0.05, 0) is 42.7 Å². The molecule has 0 unspecified atom stereocenters. The minimum absolute atomic E-state index is 0.0520. The van der Waals surface area contributed by atoms with Gasteiger partial charge in [-0.2, -0.15) is 0 Å². The van der Waals surface area contributed by atoms with Gasteiger partial charge in [0.05, 0.1) is 14.2 Å². The fourth-order valence-electron chi connectivity index (χ4n) is 4.09. The molecule has 0 spiro atoms. The van der Waals surface area contributed by atoms with Crippen molar-refractivity contribution in [1.29, 1.82) is 0 Å². The van der Waals surface area contributed by atoms with Gasteiger partial charge in [0.15, 0.2) is 11.3 Å². The summed E-state index contributed by atoms with van der Waals surface area (Å²) in [5.74, 6) is 0.937. The third kappa shape index (κ3) is 3.90. The van der Waals surface area contributed by atoms with E-state index in [1.807, 2.05) is 35.2 Å². The van der Waals surface area contributed by atoms with Crippen LogP contribution in [0.5, 0.6) is 11.5 Å². The molecule has 1 aliphatic rings. The van der Waals surface area contributed by atoms with E-state index < -0.39 is 5.63 Å². The summed E-state index contributed by atoms with van der Waals surface area (Å²) in [5.41, 5.74) is 0.748. The highest BCUT2D eigenvalue weighted by molar-refractivity contribution is 5.97. The largest absolute Gasteiger partial charge is 0.497 e. The third-order valence-electron chi connectivity index (χ3n) is 5.71. The number of para-hydroxylation sites is 1. The predicted octanol–water partition coefficient (Wildman–Crippen LogP) is 4.40. The molecule has 0 radical (unpaired) electrons. The first kappa shape index (κ1) is 20.0. The molecule has 1 aromatic heterocycles. The highest BCUT2D eigenvalue weighted by atomic mass is 16.5. The van der Waals surface area contributed by atoms with Crippen molar-refractivity contribution < 1.29 is 18.7 Å². The number of ether oxygens (including phenoxy) is 2. The van der Waals surface area contributed by atoms with Gasteiger partial charge in [0.25, 0.3) is 5.91 Å². The minimum Gasteiger partial charge on any atom is -0.497 e. The van der Waals surface area contributed by atoms with Gasteiger partial charge in [0.1, 0.15) is 11.3 Å². The minimum atomic E-state index is -0.644. The Bertz CT molecular complexity index is 1100. The molecule has 1 heterocycles. The Labute approximate surface area is 175 Å². The number of methoxy groups -OCH3 is 2. The number of fused-ring (bicyclic) bond motifs is 1. The van der Waals surface area contributed by atoms with E-state index in [2.05, 4.69) is 0 Å². The van der Waals surface area contributed by atoms with Crippen LogP contribution in [0.25, 0.3) is 11.0 Å². The van der Waals surface area contributed by atoms with Crippen LogP contribution in [0, 0.1) is 0 Å². The summed E-state index contributed by atoms with van der Waals surface area (Å²) in [6, 6.07) is 14.7. The van der Waals surface area contributed by atoms with Crippen molar-refractivity contribution in [3.05, 3.63) is 70.1 Å². The molecule has 6 nitrogen and oxygen atoms in total. The first-order valence-corrected chi connectivity index (χ1v) is 10.2. The van der Waals surface area contributed by atoms with Crippen LogP contribution in [0.1, 0.15) is 41.6 Å². The summed E-state index contributed by atoms with van der Waals surface area (Å²) in [5, 5.41) is 0.660. The molecule has 1 aliphatic carbocycles. The van der Waals surface area contributed by atoms with Crippen molar-refractivity contribution >= 4 is 16.9 Å². The van der Waals surface area contributed by atoms with E-state index >= 15 is 0 Å². The van der Waals surface area contributed by atoms with E-state index in [4.69, 9.17) is 13.9 Å². The fourth-order valence-corrected chi connectivity index (χ4v) is 4.09. The number of hydrogen-bond donors (Lipinski definition) is 0. The molecule has 4 rings (SSSR count). The number of nitrogens with zero attached hydrogens (tertiary/aromatic N) is 1. The Morgan fingerprint density at radius 1 is 1.07 bits per heavy atom. The van der Waals surface area contributed by atoms with Crippen LogP contribution in [0.15, 0.2) is 57.7 Å². The highest BCUT2D eigenvalue weighted by Crippen LogP contribution is 2.28. The van der Waals surface area contributed by atoms with Crippen LogP contribution in [-0.4, -0.2) is 31.1 Å². The maximum Gasteiger partial charge on any atom is 0.349 e.